The van der Waals surface area contributed by atoms with Gasteiger partial charge in [0.25, 0.3) is 0 Å². The van der Waals surface area contributed by atoms with Crippen molar-refractivity contribution in [2.24, 2.45) is 0 Å². The molecule has 0 saturated heterocycles. The molecule has 1 aliphatic rings. The third-order valence-electron chi connectivity index (χ3n) is 7.57. The Balaban J connectivity index is 1.30. The number of carbonyl (C=O) groups is 3. The molecule has 41 heavy (non-hydrogen) atoms. The van der Waals surface area contributed by atoms with Crippen LogP contribution in [0.3, 0.4) is 0 Å². The number of unbranched alkanes of at least 4 members (excludes halogenated alkanes) is 1. The Morgan fingerprint density at radius 1 is 0.951 bits per heavy atom. The number of nitrogens with zero attached hydrogens (tertiary/aromatic N) is 1. The molecule has 0 bridgehead atoms. The number of amides is 3. The van der Waals surface area contributed by atoms with Crippen LogP contribution in [-0.2, 0) is 9.53 Å². The molecule has 1 aliphatic carbocycles. The molecular formula is C32H34N4O5. The number of aromatic amines is 1. The van der Waals surface area contributed by atoms with Gasteiger partial charge in [0.15, 0.2) is 0 Å². The summed E-state index contributed by atoms with van der Waals surface area (Å²) in [5, 5.41) is 14.9. The summed E-state index contributed by atoms with van der Waals surface area (Å²) in [4.78, 5) is 42.6. The molecule has 0 aliphatic heterocycles. The largest absolute Gasteiger partial charge is 0.465 e. The molecule has 1 atom stereocenters. The third-order valence-corrected chi connectivity index (χ3v) is 7.57. The van der Waals surface area contributed by atoms with Gasteiger partial charge in [-0.05, 0) is 54.5 Å². The molecule has 4 N–H and O–H groups in total. The van der Waals surface area contributed by atoms with Crippen LogP contribution in [0.5, 0.6) is 0 Å². The van der Waals surface area contributed by atoms with Gasteiger partial charge >= 0.3 is 12.2 Å². The molecule has 3 aromatic carbocycles. The molecule has 1 unspecified atom stereocenters. The van der Waals surface area contributed by atoms with Crippen LogP contribution in [-0.4, -0.2) is 53.9 Å². The Labute approximate surface area is 238 Å². The fraction of sp³-hybridized carbons (Fsp3) is 0.281. The van der Waals surface area contributed by atoms with E-state index < -0.39 is 18.2 Å². The number of anilines is 1. The molecular weight excluding hydrogens is 520 g/mol. The minimum Gasteiger partial charge on any atom is -0.465 e. The molecule has 0 fully saturated rings. The fourth-order valence-corrected chi connectivity index (χ4v) is 5.62. The van der Waals surface area contributed by atoms with Crippen molar-refractivity contribution in [1.82, 2.24) is 15.6 Å². The second-order valence-electron chi connectivity index (χ2n) is 10.1. The van der Waals surface area contributed by atoms with Gasteiger partial charge in [-0.15, -0.1) is 0 Å². The number of hydrogen-bond donors (Lipinski definition) is 4. The van der Waals surface area contributed by atoms with Gasteiger partial charge in [0.1, 0.15) is 12.6 Å². The SMILES string of the molecule is CCN(C(=O)C(CCCCNC(=O)O)NC(=O)OCC1c2ccccc2-c2ccccc21)c1c[nH]c2ccccc12. The topological polar surface area (TPSA) is 124 Å². The first-order valence-electron chi connectivity index (χ1n) is 13.9. The van der Waals surface area contributed by atoms with E-state index in [-0.39, 0.29) is 25.0 Å². The van der Waals surface area contributed by atoms with Crippen LogP contribution in [0, 0.1) is 0 Å². The molecule has 4 aromatic rings. The highest BCUT2D eigenvalue weighted by molar-refractivity contribution is 6.05. The maximum absolute atomic E-state index is 13.8. The quantitative estimate of drug-likeness (QED) is 0.173. The number of benzene rings is 3. The number of carbonyl (C=O) groups excluding carboxylic acids is 2. The number of fused-ring (bicyclic) bond motifs is 4. The van der Waals surface area contributed by atoms with Gasteiger partial charge in [-0.1, -0.05) is 66.7 Å². The van der Waals surface area contributed by atoms with E-state index in [9.17, 15) is 14.4 Å². The smallest absolute Gasteiger partial charge is 0.407 e. The number of alkyl carbamates (subject to hydrolysis) is 1. The molecule has 0 saturated carbocycles. The van der Waals surface area contributed by atoms with E-state index in [0.717, 1.165) is 38.8 Å². The molecule has 0 radical (unpaired) electrons. The van der Waals surface area contributed by atoms with Crippen molar-refractivity contribution in [3.63, 3.8) is 0 Å². The standard InChI is InChI=1S/C32H34N4O5/c1-2-36(29-19-34-27-16-8-7-15-25(27)29)30(37)28(17-9-10-18-33-31(38)39)35-32(40)41-20-26-23-13-5-3-11-21(23)22-12-4-6-14-24(22)26/h3-8,11-16,19,26,28,33-34H,2,9-10,17-18,20H2,1H3,(H,35,40)(H,38,39). The minimum absolute atomic E-state index is 0.0947. The zero-order valence-electron chi connectivity index (χ0n) is 22.9. The number of likely N-dealkylation sites (N-methyl/N-ethyl adjacent to an activating group) is 1. The van der Waals surface area contributed by atoms with Crippen molar-refractivity contribution < 1.29 is 24.2 Å². The normalized spacial score (nSPS) is 12.8. The Hall–Kier alpha value is -4.79. The van der Waals surface area contributed by atoms with Crippen LogP contribution in [0.2, 0.25) is 0 Å². The average molecular weight is 555 g/mol. The first-order valence-corrected chi connectivity index (χ1v) is 13.9. The van der Waals surface area contributed by atoms with E-state index >= 15 is 0 Å². The Bertz CT molecular complexity index is 1500. The van der Waals surface area contributed by atoms with Crippen LogP contribution in [0.1, 0.15) is 43.2 Å². The van der Waals surface area contributed by atoms with E-state index in [1.807, 2.05) is 55.5 Å². The second kappa shape index (κ2) is 12.6. The lowest BCUT2D eigenvalue weighted by atomic mass is 9.98. The van der Waals surface area contributed by atoms with Crippen molar-refractivity contribution in [1.29, 1.82) is 0 Å². The summed E-state index contributed by atoms with van der Waals surface area (Å²) in [6, 6.07) is 23.1. The predicted octanol–water partition coefficient (Wildman–Crippen LogP) is 5.87. The first-order chi connectivity index (χ1) is 20.0. The number of aromatic nitrogens is 1. The van der Waals surface area contributed by atoms with Crippen LogP contribution < -0.4 is 15.5 Å². The Kier molecular flexibility index (Phi) is 8.53. The van der Waals surface area contributed by atoms with Gasteiger partial charge in [-0.2, -0.15) is 0 Å². The van der Waals surface area contributed by atoms with Gasteiger partial charge in [-0.3, -0.25) is 4.79 Å². The van der Waals surface area contributed by atoms with Crippen molar-refractivity contribution >= 4 is 34.7 Å². The number of ether oxygens (including phenoxy) is 1. The summed E-state index contributed by atoms with van der Waals surface area (Å²) in [7, 11) is 0. The van der Waals surface area contributed by atoms with Gasteiger partial charge in [0, 0.05) is 36.1 Å². The second-order valence-corrected chi connectivity index (χ2v) is 10.1. The van der Waals surface area contributed by atoms with Crippen LogP contribution in [0.25, 0.3) is 22.0 Å². The fourth-order valence-electron chi connectivity index (χ4n) is 5.62. The van der Waals surface area contributed by atoms with E-state index in [0.29, 0.717) is 25.8 Å². The van der Waals surface area contributed by atoms with E-state index in [1.54, 1.807) is 11.1 Å². The highest BCUT2D eigenvalue weighted by atomic mass is 16.5. The molecule has 5 rings (SSSR count). The van der Waals surface area contributed by atoms with Crippen LogP contribution >= 0.6 is 0 Å². The molecule has 212 valence electrons. The minimum atomic E-state index is -1.09. The number of hydrogen-bond acceptors (Lipinski definition) is 4. The molecule has 3 amide bonds. The maximum Gasteiger partial charge on any atom is 0.407 e. The Morgan fingerprint density at radius 2 is 1.61 bits per heavy atom. The lowest BCUT2D eigenvalue weighted by Crippen LogP contribution is -2.49. The highest BCUT2D eigenvalue weighted by Crippen LogP contribution is 2.44. The van der Waals surface area contributed by atoms with Gasteiger partial charge in [0.2, 0.25) is 5.91 Å². The summed E-state index contributed by atoms with van der Waals surface area (Å²) in [5.74, 6) is -0.347. The van der Waals surface area contributed by atoms with E-state index in [1.165, 1.54) is 0 Å². The van der Waals surface area contributed by atoms with Gasteiger partial charge in [-0.25, -0.2) is 9.59 Å². The van der Waals surface area contributed by atoms with Crippen molar-refractivity contribution in [2.45, 2.75) is 38.1 Å². The van der Waals surface area contributed by atoms with Gasteiger partial charge in [0.05, 0.1) is 5.69 Å². The van der Waals surface area contributed by atoms with E-state index in [4.69, 9.17) is 9.84 Å². The first kappa shape index (κ1) is 27.8. The summed E-state index contributed by atoms with van der Waals surface area (Å²) in [5.41, 5.74) is 6.14. The summed E-state index contributed by atoms with van der Waals surface area (Å²) < 4.78 is 5.74. The molecule has 9 nitrogen and oxygen atoms in total. The van der Waals surface area contributed by atoms with E-state index in [2.05, 4.69) is 39.9 Å². The summed E-state index contributed by atoms with van der Waals surface area (Å²) in [6.07, 6.45) is 1.44. The zero-order chi connectivity index (χ0) is 28.8. The summed E-state index contributed by atoms with van der Waals surface area (Å²) >= 11 is 0. The van der Waals surface area contributed by atoms with Crippen LogP contribution in [0.15, 0.2) is 79.0 Å². The number of carboxylic acid groups (broad SMARTS) is 1. The number of rotatable bonds is 11. The van der Waals surface area contributed by atoms with Gasteiger partial charge < -0.3 is 30.4 Å². The summed E-state index contributed by atoms with van der Waals surface area (Å²) in [6.45, 7) is 2.70. The van der Waals surface area contributed by atoms with Crippen molar-refractivity contribution in [2.75, 3.05) is 24.6 Å². The molecule has 9 heteroatoms. The molecule has 1 heterocycles. The highest BCUT2D eigenvalue weighted by Gasteiger charge is 2.31. The number of H-pyrrole nitrogens is 1. The molecule has 0 spiro atoms. The number of nitrogens with one attached hydrogen (secondary N) is 3. The predicted molar refractivity (Wildman–Crippen MR) is 158 cm³/mol. The lowest BCUT2D eigenvalue weighted by Gasteiger charge is -2.27. The van der Waals surface area contributed by atoms with Crippen LogP contribution in [0.4, 0.5) is 15.3 Å². The lowest BCUT2D eigenvalue weighted by molar-refractivity contribution is -0.120. The Morgan fingerprint density at radius 3 is 2.29 bits per heavy atom. The average Bonchev–Trinajstić information content (AvgIpc) is 3.55. The third kappa shape index (κ3) is 6.04. The van der Waals surface area contributed by atoms with Crippen molar-refractivity contribution in [3.8, 4) is 11.1 Å². The monoisotopic (exact) mass is 554 g/mol. The number of para-hydroxylation sites is 1. The molecule has 1 aromatic heterocycles. The van der Waals surface area contributed by atoms with Crippen molar-refractivity contribution in [3.05, 3.63) is 90.1 Å². The maximum atomic E-state index is 13.8. The zero-order valence-corrected chi connectivity index (χ0v) is 22.9.